The summed E-state index contributed by atoms with van der Waals surface area (Å²) in [6.07, 6.45) is 3.24. The van der Waals surface area contributed by atoms with E-state index < -0.39 is 0 Å². The lowest BCUT2D eigenvalue weighted by molar-refractivity contribution is 0.512. The molecule has 0 bridgehead atoms. The monoisotopic (exact) mass is 289 g/mol. The fraction of sp³-hybridized carbons (Fsp3) is 0.0556. The van der Waals surface area contributed by atoms with Gasteiger partial charge in [-0.3, -0.25) is 9.97 Å². The van der Waals surface area contributed by atoms with Crippen molar-refractivity contribution in [3.8, 4) is 11.4 Å². The number of aryl methyl sites for hydroxylation is 1. The lowest BCUT2D eigenvalue weighted by Crippen LogP contribution is -1.92. The molecule has 3 aromatic heterocycles. The van der Waals surface area contributed by atoms with E-state index >= 15 is 0 Å². The minimum Gasteiger partial charge on any atom is -0.506 e. The molecule has 0 amide bonds. The van der Waals surface area contributed by atoms with Gasteiger partial charge in [0.2, 0.25) is 0 Å². The molecule has 0 atom stereocenters. The summed E-state index contributed by atoms with van der Waals surface area (Å²) in [6.45, 7) is 1.94. The van der Waals surface area contributed by atoms with E-state index in [0.717, 1.165) is 17.1 Å². The quantitative estimate of drug-likeness (QED) is 0.743. The van der Waals surface area contributed by atoms with Gasteiger partial charge >= 0.3 is 0 Å². The number of aliphatic hydroxyl groups is 1. The summed E-state index contributed by atoms with van der Waals surface area (Å²) in [6, 6.07) is 16.8. The minimum atomic E-state index is 0.0856. The van der Waals surface area contributed by atoms with Gasteiger partial charge in [0.1, 0.15) is 11.5 Å². The summed E-state index contributed by atoms with van der Waals surface area (Å²) in [4.78, 5) is 13.1. The molecule has 0 aliphatic heterocycles. The Kier molecular flexibility index (Phi) is 3.92. The molecule has 4 nitrogen and oxygen atoms in total. The van der Waals surface area contributed by atoms with E-state index in [9.17, 15) is 5.11 Å². The van der Waals surface area contributed by atoms with Gasteiger partial charge in [0.05, 0.1) is 17.1 Å². The summed E-state index contributed by atoms with van der Waals surface area (Å²) in [5.41, 5.74) is 3.70. The molecule has 0 aliphatic rings. The van der Waals surface area contributed by atoms with Crippen LogP contribution >= 0.6 is 0 Å². The van der Waals surface area contributed by atoms with Crippen LogP contribution in [0.25, 0.3) is 23.2 Å². The molecule has 0 unspecified atom stereocenters. The van der Waals surface area contributed by atoms with Gasteiger partial charge in [0.25, 0.3) is 0 Å². The minimum absolute atomic E-state index is 0.0856. The number of hydrogen-bond acceptors (Lipinski definition) is 4. The van der Waals surface area contributed by atoms with E-state index in [1.165, 1.54) is 0 Å². The number of rotatable bonds is 3. The Labute approximate surface area is 128 Å². The Morgan fingerprint density at radius 2 is 1.68 bits per heavy atom. The van der Waals surface area contributed by atoms with E-state index in [1.807, 2.05) is 49.4 Å². The molecule has 4 heteroatoms. The molecule has 3 aromatic rings. The molecule has 0 fully saturated rings. The van der Waals surface area contributed by atoms with Gasteiger partial charge in [0.15, 0.2) is 0 Å². The average Bonchev–Trinajstić information content (AvgIpc) is 2.56. The molecular formula is C18H15N3O. The predicted molar refractivity (Wildman–Crippen MR) is 86.9 cm³/mol. The zero-order chi connectivity index (χ0) is 15.4. The van der Waals surface area contributed by atoms with Crippen LogP contribution in [0.1, 0.15) is 17.1 Å². The van der Waals surface area contributed by atoms with E-state index in [0.29, 0.717) is 11.4 Å². The van der Waals surface area contributed by atoms with Crippen LogP contribution in [0.5, 0.6) is 0 Å². The maximum Gasteiger partial charge on any atom is 0.143 e. The smallest absolute Gasteiger partial charge is 0.143 e. The third kappa shape index (κ3) is 3.17. The summed E-state index contributed by atoms with van der Waals surface area (Å²) in [5.74, 6) is 0.0856. The lowest BCUT2D eigenvalue weighted by atomic mass is 10.2. The van der Waals surface area contributed by atoms with Crippen molar-refractivity contribution in [1.29, 1.82) is 0 Å². The summed E-state index contributed by atoms with van der Waals surface area (Å²) < 4.78 is 0. The first-order chi connectivity index (χ1) is 10.7. The van der Waals surface area contributed by atoms with Crippen LogP contribution in [0.15, 0.2) is 60.8 Å². The first-order valence-electron chi connectivity index (χ1n) is 6.95. The highest BCUT2D eigenvalue weighted by atomic mass is 16.3. The van der Waals surface area contributed by atoms with Crippen molar-refractivity contribution in [2.24, 2.45) is 0 Å². The first kappa shape index (κ1) is 13.9. The number of hydrogen-bond donors (Lipinski definition) is 1. The molecule has 0 saturated carbocycles. The summed E-state index contributed by atoms with van der Waals surface area (Å²) in [7, 11) is 0. The Morgan fingerprint density at radius 3 is 2.41 bits per heavy atom. The van der Waals surface area contributed by atoms with Crippen LogP contribution in [0, 0.1) is 6.92 Å². The zero-order valence-corrected chi connectivity index (χ0v) is 12.1. The van der Waals surface area contributed by atoms with Gasteiger partial charge in [-0.15, -0.1) is 0 Å². The molecule has 3 rings (SSSR count). The predicted octanol–water partition coefficient (Wildman–Crippen LogP) is 3.90. The maximum absolute atomic E-state index is 10.1. The van der Waals surface area contributed by atoms with Crippen LogP contribution in [-0.2, 0) is 0 Å². The zero-order valence-electron chi connectivity index (χ0n) is 12.1. The van der Waals surface area contributed by atoms with Crippen molar-refractivity contribution in [3.63, 3.8) is 0 Å². The van der Waals surface area contributed by atoms with Crippen molar-refractivity contribution in [3.05, 3.63) is 77.9 Å². The van der Waals surface area contributed by atoms with Crippen molar-refractivity contribution < 1.29 is 5.11 Å². The van der Waals surface area contributed by atoms with E-state index in [1.54, 1.807) is 24.4 Å². The number of aromatic nitrogens is 3. The molecule has 0 aromatic carbocycles. The van der Waals surface area contributed by atoms with Gasteiger partial charge in [-0.2, -0.15) is 0 Å². The van der Waals surface area contributed by atoms with Crippen molar-refractivity contribution in [2.45, 2.75) is 6.92 Å². The van der Waals surface area contributed by atoms with Gasteiger partial charge in [-0.1, -0.05) is 18.2 Å². The van der Waals surface area contributed by atoms with Gasteiger partial charge in [0, 0.05) is 18.0 Å². The average molecular weight is 289 g/mol. The van der Waals surface area contributed by atoms with Crippen molar-refractivity contribution >= 4 is 11.8 Å². The number of pyridine rings is 3. The first-order valence-corrected chi connectivity index (χ1v) is 6.95. The van der Waals surface area contributed by atoms with Crippen LogP contribution in [0.2, 0.25) is 0 Å². The summed E-state index contributed by atoms with van der Waals surface area (Å²) >= 11 is 0. The van der Waals surface area contributed by atoms with Crippen LogP contribution in [0.3, 0.4) is 0 Å². The third-order valence-corrected chi connectivity index (χ3v) is 3.13. The summed E-state index contributed by atoms with van der Waals surface area (Å²) in [5, 5.41) is 10.1. The van der Waals surface area contributed by atoms with E-state index in [-0.39, 0.29) is 5.76 Å². The van der Waals surface area contributed by atoms with Crippen molar-refractivity contribution in [2.75, 3.05) is 0 Å². The molecule has 3 heterocycles. The standard InChI is InChI=1S/C18H15N3O/c1-13-6-4-9-15(20-13)16-10-5-7-14(21-16)12-18(22)17-8-2-3-11-19-17/h2-12,22H,1H3/b18-12-. The topological polar surface area (TPSA) is 58.9 Å². The number of nitrogens with zero attached hydrogens (tertiary/aromatic N) is 3. The molecule has 108 valence electrons. The van der Waals surface area contributed by atoms with Crippen molar-refractivity contribution in [1.82, 2.24) is 15.0 Å². The normalized spacial score (nSPS) is 11.4. The number of aliphatic hydroxyl groups excluding tert-OH is 1. The highest BCUT2D eigenvalue weighted by molar-refractivity contribution is 5.74. The second-order valence-corrected chi connectivity index (χ2v) is 4.86. The Balaban J connectivity index is 1.95. The molecule has 1 N–H and O–H groups in total. The molecular weight excluding hydrogens is 274 g/mol. The maximum atomic E-state index is 10.1. The Bertz CT molecular complexity index is 813. The Morgan fingerprint density at radius 1 is 0.909 bits per heavy atom. The van der Waals surface area contributed by atoms with Crippen LogP contribution in [0.4, 0.5) is 0 Å². The van der Waals surface area contributed by atoms with Crippen LogP contribution < -0.4 is 0 Å². The van der Waals surface area contributed by atoms with Gasteiger partial charge < -0.3 is 5.11 Å². The SMILES string of the molecule is Cc1cccc(-c2cccc(/C=C(\O)c3ccccn3)n2)n1. The van der Waals surface area contributed by atoms with E-state index in [4.69, 9.17) is 0 Å². The molecule has 0 aliphatic carbocycles. The second kappa shape index (κ2) is 6.18. The molecule has 22 heavy (non-hydrogen) atoms. The van der Waals surface area contributed by atoms with Gasteiger partial charge in [-0.05, 0) is 43.3 Å². The molecule has 0 spiro atoms. The van der Waals surface area contributed by atoms with Crippen LogP contribution in [-0.4, -0.2) is 20.1 Å². The third-order valence-electron chi connectivity index (χ3n) is 3.13. The van der Waals surface area contributed by atoms with E-state index in [2.05, 4.69) is 15.0 Å². The fourth-order valence-electron chi connectivity index (χ4n) is 2.09. The largest absolute Gasteiger partial charge is 0.506 e. The lowest BCUT2D eigenvalue weighted by Gasteiger charge is -2.03. The molecule has 0 saturated heterocycles. The second-order valence-electron chi connectivity index (χ2n) is 4.86. The Hall–Kier alpha value is -3.01. The molecule has 0 radical (unpaired) electrons. The fourth-order valence-corrected chi connectivity index (χ4v) is 2.09. The highest BCUT2D eigenvalue weighted by Crippen LogP contribution is 2.17. The van der Waals surface area contributed by atoms with Gasteiger partial charge in [-0.25, -0.2) is 4.98 Å². The highest BCUT2D eigenvalue weighted by Gasteiger charge is 2.04.